The van der Waals surface area contributed by atoms with E-state index in [2.05, 4.69) is 0 Å². The van der Waals surface area contributed by atoms with E-state index < -0.39 is 46.5 Å². The lowest BCUT2D eigenvalue weighted by Crippen LogP contribution is -2.07. The molecule has 3 nitrogen and oxygen atoms in total. The van der Waals surface area contributed by atoms with E-state index in [1.807, 2.05) is 0 Å². The lowest BCUT2D eigenvalue weighted by Gasteiger charge is -2.14. The number of furan rings is 1. The van der Waals surface area contributed by atoms with Crippen LogP contribution in [0.5, 0.6) is 11.5 Å². The van der Waals surface area contributed by atoms with Gasteiger partial charge in [-0.05, 0) is 30.3 Å². The van der Waals surface area contributed by atoms with Crippen molar-refractivity contribution in [3.8, 4) is 22.8 Å². The number of carbonyl (C=O) groups is 1. The first-order valence-corrected chi connectivity index (χ1v) is 7.38. The fourth-order valence-electron chi connectivity index (χ4n) is 2.30. The van der Waals surface area contributed by atoms with Crippen LogP contribution in [0, 0.1) is 23.3 Å². The molecule has 0 aliphatic heterocycles. The molecule has 2 aromatic carbocycles. The summed E-state index contributed by atoms with van der Waals surface area (Å²) >= 11 is 0. The highest BCUT2D eigenvalue weighted by atomic mass is 19.4. The van der Waals surface area contributed by atoms with Gasteiger partial charge in [0.1, 0.15) is 11.5 Å². The van der Waals surface area contributed by atoms with E-state index in [4.69, 9.17) is 9.15 Å². The van der Waals surface area contributed by atoms with Gasteiger partial charge in [-0.3, -0.25) is 4.79 Å². The number of halogens is 7. The molecule has 0 atom stereocenters. The molecule has 10 heteroatoms. The summed E-state index contributed by atoms with van der Waals surface area (Å²) < 4.78 is 103. The monoisotopic (exact) mass is 404 g/mol. The van der Waals surface area contributed by atoms with Crippen molar-refractivity contribution in [2.75, 3.05) is 0 Å². The second-order valence-electron chi connectivity index (χ2n) is 5.45. The van der Waals surface area contributed by atoms with Gasteiger partial charge in [0.25, 0.3) is 0 Å². The molecule has 0 spiro atoms. The third-order valence-electron chi connectivity index (χ3n) is 3.57. The molecule has 0 bridgehead atoms. The SMILES string of the molecule is O=Cc1ccc(-c2cc(F)c(F)cc2Oc2c(F)cc(C(F)(F)F)cc2F)o1. The quantitative estimate of drug-likeness (QED) is 0.388. The molecule has 0 fully saturated rings. The van der Waals surface area contributed by atoms with Crippen LogP contribution in [0.3, 0.4) is 0 Å². The van der Waals surface area contributed by atoms with Gasteiger partial charge in [-0.25, -0.2) is 17.6 Å². The van der Waals surface area contributed by atoms with Crippen LogP contribution in [0.4, 0.5) is 30.7 Å². The molecule has 0 saturated heterocycles. The van der Waals surface area contributed by atoms with Gasteiger partial charge in [-0.2, -0.15) is 13.2 Å². The number of rotatable bonds is 4. The van der Waals surface area contributed by atoms with E-state index in [0.717, 1.165) is 0 Å². The minimum atomic E-state index is -5.01. The van der Waals surface area contributed by atoms with E-state index in [1.54, 1.807) is 0 Å². The summed E-state index contributed by atoms with van der Waals surface area (Å²) in [5, 5.41) is 0. The largest absolute Gasteiger partial charge is 0.453 e. The summed E-state index contributed by atoms with van der Waals surface area (Å²) in [5.41, 5.74) is -1.92. The van der Waals surface area contributed by atoms with Crippen LogP contribution in [-0.2, 0) is 6.18 Å². The van der Waals surface area contributed by atoms with Gasteiger partial charge in [0.05, 0.1) is 11.1 Å². The molecule has 3 rings (SSSR count). The van der Waals surface area contributed by atoms with E-state index in [-0.39, 0.29) is 29.2 Å². The van der Waals surface area contributed by atoms with Crippen molar-refractivity contribution in [2.24, 2.45) is 0 Å². The summed E-state index contributed by atoms with van der Waals surface area (Å²) in [6, 6.07) is 3.38. The summed E-state index contributed by atoms with van der Waals surface area (Å²) in [4.78, 5) is 10.7. The molecule has 1 heterocycles. The Kier molecular flexibility index (Phi) is 4.88. The Morgan fingerprint density at radius 3 is 2.00 bits per heavy atom. The fraction of sp³-hybridized carbons (Fsp3) is 0.0556. The van der Waals surface area contributed by atoms with Crippen molar-refractivity contribution in [3.05, 3.63) is 71.0 Å². The molecule has 0 aliphatic carbocycles. The number of ether oxygens (including phenoxy) is 1. The van der Waals surface area contributed by atoms with Crippen molar-refractivity contribution in [2.45, 2.75) is 6.18 Å². The zero-order chi connectivity index (χ0) is 20.6. The zero-order valence-corrected chi connectivity index (χ0v) is 13.4. The standard InChI is InChI=1S/C18H7F7O3/c19-11-5-10(15-2-1-9(7-26)27-15)16(6-12(11)20)28-17-13(21)3-8(4-14(17)22)18(23,24)25/h1-7H. The molecule has 0 radical (unpaired) electrons. The molecule has 0 saturated carbocycles. The Morgan fingerprint density at radius 1 is 0.857 bits per heavy atom. The summed E-state index contributed by atoms with van der Waals surface area (Å²) in [5.74, 6) is -8.53. The minimum absolute atomic E-state index is 0.00461. The molecule has 28 heavy (non-hydrogen) atoms. The third kappa shape index (κ3) is 3.71. The van der Waals surface area contributed by atoms with Gasteiger partial charge in [0, 0.05) is 6.07 Å². The van der Waals surface area contributed by atoms with Crippen molar-refractivity contribution < 1.29 is 44.7 Å². The predicted octanol–water partition coefficient (Wildman–Crippen LogP) is 6.13. The van der Waals surface area contributed by atoms with E-state index in [9.17, 15) is 35.5 Å². The summed E-state index contributed by atoms with van der Waals surface area (Å²) in [6.45, 7) is 0. The van der Waals surface area contributed by atoms with Crippen LogP contribution >= 0.6 is 0 Å². The van der Waals surface area contributed by atoms with Crippen LogP contribution in [0.25, 0.3) is 11.3 Å². The van der Waals surface area contributed by atoms with Crippen molar-refractivity contribution in [1.29, 1.82) is 0 Å². The second-order valence-corrected chi connectivity index (χ2v) is 5.45. The normalized spacial score (nSPS) is 11.5. The Labute approximate surface area is 152 Å². The highest BCUT2D eigenvalue weighted by Crippen LogP contribution is 2.39. The van der Waals surface area contributed by atoms with Crippen molar-refractivity contribution >= 4 is 6.29 Å². The minimum Gasteiger partial charge on any atom is -0.453 e. The number of aldehydes is 1. The van der Waals surface area contributed by atoms with Crippen molar-refractivity contribution in [1.82, 2.24) is 0 Å². The predicted molar refractivity (Wildman–Crippen MR) is 80.9 cm³/mol. The van der Waals surface area contributed by atoms with E-state index in [0.29, 0.717) is 18.4 Å². The van der Waals surface area contributed by atoms with Crippen LogP contribution in [0.1, 0.15) is 16.1 Å². The fourth-order valence-corrected chi connectivity index (χ4v) is 2.30. The Hall–Kier alpha value is -3.30. The maximum Gasteiger partial charge on any atom is 0.416 e. The molecule has 3 aromatic rings. The van der Waals surface area contributed by atoms with Gasteiger partial charge in [0.2, 0.25) is 0 Å². The number of hydrogen-bond acceptors (Lipinski definition) is 3. The number of hydrogen-bond donors (Lipinski definition) is 0. The van der Waals surface area contributed by atoms with E-state index in [1.165, 1.54) is 12.1 Å². The third-order valence-corrected chi connectivity index (χ3v) is 3.57. The first-order chi connectivity index (χ1) is 13.1. The Balaban J connectivity index is 2.10. The van der Waals surface area contributed by atoms with Crippen LogP contribution in [0.2, 0.25) is 0 Å². The number of benzene rings is 2. The number of alkyl halides is 3. The molecule has 0 unspecified atom stereocenters. The molecule has 0 aliphatic rings. The highest BCUT2D eigenvalue weighted by molar-refractivity contribution is 5.74. The molecule has 1 aromatic heterocycles. The molecule has 0 N–H and O–H groups in total. The van der Waals surface area contributed by atoms with Crippen LogP contribution in [-0.4, -0.2) is 6.29 Å². The smallest absolute Gasteiger partial charge is 0.416 e. The lowest BCUT2D eigenvalue weighted by molar-refractivity contribution is -0.138. The first kappa shape index (κ1) is 19.5. The molecule has 146 valence electrons. The number of carbonyl (C=O) groups excluding carboxylic acids is 1. The first-order valence-electron chi connectivity index (χ1n) is 7.38. The average Bonchev–Trinajstić information content (AvgIpc) is 3.08. The van der Waals surface area contributed by atoms with Gasteiger partial charge in [0.15, 0.2) is 41.1 Å². The highest BCUT2D eigenvalue weighted by Gasteiger charge is 2.33. The second kappa shape index (κ2) is 7.02. The van der Waals surface area contributed by atoms with Gasteiger partial charge >= 0.3 is 6.18 Å². The zero-order valence-electron chi connectivity index (χ0n) is 13.4. The van der Waals surface area contributed by atoms with Gasteiger partial charge in [-0.15, -0.1) is 0 Å². The lowest BCUT2D eigenvalue weighted by atomic mass is 10.1. The Bertz CT molecular complexity index is 1030. The molecular weight excluding hydrogens is 397 g/mol. The van der Waals surface area contributed by atoms with Gasteiger partial charge < -0.3 is 9.15 Å². The Morgan fingerprint density at radius 2 is 1.46 bits per heavy atom. The van der Waals surface area contributed by atoms with Crippen molar-refractivity contribution in [3.63, 3.8) is 0 Å². The maximum absolute atomic E-state index is 14.0. The summed E-state index contributed by atoms with van der Waals surface area (Å²) in [7, 11) is 0. The molecular formula is C18H7F7O3. The van der Waals surface area contributed by atoms with E-state index >= 15 is 0 Å². The maximum atomic E-state index is 14.0. The van der Waals surface area contributed by atoms with Crippen LogP contribution in [0.15, 0.2) is 40.8 Å². The topological polar surface area (TPSA) is 39.4 Å². The van der Waals surface area contributed by atoms with Crippen LogP contribution < -0.4 is 4.74 Å². The summed E-state index contributed by atoms with van der Waals surface area (Å²) in [6.07, 6.45) is -4.69. The van der Waals surface area contributed by atoms with Gasteiger partial charge in [-0.1, -0.05) is 0 Å². The average molecular weight is 404 g/mol. The molecule has 0 amide bonds.